The van der Waals surface area contributed by atoms with E-state index in [0.29, 0.717) is 6.42 Å². The average molecular weight is 395 g/mol. The fourth-order valence-electron chi connectivity index (χ4n) is 2.29. The van der Waals surface area contributed by atoms with Crippen LogP contribution in [0, 0.1) is 0 Å². The first-order valence-corrected chi connectivity index (χ1v) is 8.63. The zero-order valence-corrected chi connectivity index (χ0v) is 15.2. The van der Waals surface area contributed by atoms with Crippen LogP contribution in [0.5, 0.6) is 5.75 Å². The Balaban J connectivity index is 1.99. The van der Waals surface area contributed by atoms with E-state index >= 15 is 0 Å². The van der Waals surface area contributed by atoms with Crippen LogP contribution in [0.25, 0.3) is 0 Å². The van der Waals surface area contributed by atoms with E-state index < -0.39 is 30.2 Å². The van der Waals surface area contributed by atoms with Gasteiger partial charge in [-0.15, -0.1) is 0 Å². The number of carbonyl (C=O) groups excluding carboxylic acids is 2. The summed E-state index contributed by atoms with van der Waals surface area (Å²) in [5.74, 6) is -1.27. The molecule has 0 radical (unpaired) electrons. The van der Waals surface area contributed by atoms with Crippen molar-refractivity contribution in [1.82, 2.24) is 0 Å². The molecule has 0 heterocycles. The second-order valence-corrected chi connectivity index (χ2v) is 5.93. The monoisotopic (exact) mass is 395 g/mol. The van der Waals surface area contributed by atoms with Crippen LogP contribution in [0.2, 0.25) is 0 Å². The van der Waals surface area contributed by atoms with Crippen molar-refractivity contribution >= 4 is 17.6 Å². The van der Waals surface area contributed by atoms with Crippen molar-refractivity contribution in [2.75, 3.05) is 18.5 Å². The van der Waals surface area contributed by atoms with E-state index in [4.69, 9.17) is 9.47 Å². The van der Waals surface area contributed by atoms with Gasteiger partial charge < -0.3 is 14.8 Å². The third-order valence-corrected chi connectivity index (χ3v) is 3.60. The summed E-state index contributed by atoms with van der Waals surface area (Å²) >= 11 is 0. The van der Waals surface area contributed by atoms with Crippen LogP contribution in [0.1, 0.15) is 24.5 Å². The summed E-state index contributed by atoms with van der Waals surface area (Å²) in [6, 6.07) is 11.6. The molecular weight excluding hydrogens is 375 g/mol. The van der Waals surface area contributed by atoms with Crippen LogP contribution >= 0.6 is 0 Å². The predicted octanol–water partition coefficient (Wildman–Crippen LogP) is 4.22. The van der Waals surface area contributed by atoms with E-state index in [9.17, 15) is 22.8 Å². The Morgan fingerprint density at radius 1 is 1.07 bits per heavy atom. The van der Waals surface area contributed by atoms with Crippen molar-refractivity contribution < 1.29 is 32.2 Å². The lowest BCUT2D eigenvalue weighted by molar-refractivity contribution is -0.146. The normalized spacial score (nSPS) is 11.0. The van der Waals surface area contributed by atoms with Gasteiger partial charge in [0, 0.05) is 0 Å². The Bertz CT molecular complexity index is 807. The molecule has 0 aliphatic heterocycles. The highest BCUT2D eigenvalue weighted by atomic mass is 19.4. The summed E-state index contributed by atoms with van der Waals surface area (Å²) in [6.45, 7) is 1.50. The molecule has 0 fully saturated rings. The Morgan fingerprint density at radius 2 is 1.79 bits per heavy atom. The summed E-state index contributed by atoms with van der Waals surface area (Å²) in [6.07, 6.45) is -3.93. The molecule has 2 aromatic rings. The zero-order chi connectivity index (χ0) is 20.6. The van der Waals surface area contributed by atoms with Gasteiger partial charge in [0.05, 0.1) is 24.3 Å². The number of carbonyl (C=O) groups is 2. The van der Waals surface area contributed by atoms with E-state index in [2.05, 4.69) is 5.32 Å². The van der Waals surface area contributed by atoms with Crippen molar-refractivity contribution in [3.8, 4) is 5.75 Å². The van der Waals surface area contributed by atoms with Crippen LogP contribution in [-0.2, 0) is 26.9 Å². The predicted molar refractivity (Wildman–Crippen MR) is 97.0 cm³/mol. The number of nitrogens with one attached hydrogen (secondary N) is 1. The molecule has 1 amide bonds. The van der Waals surface area contributed by atoms with Crippen LogP contribution < -0.4 is 10.1 Å². The Labute approximate surface area is 160 Å². The third-order valence-electron chi connectivity index (χ3n) is 3.60. The Hall–Kier alpha value is -3.03. The minimum Gasteiger partial charge on any atom is -0.491 e. The van der Waals surface area contributed by atoms with E-state index in [1.807, 2.05) is 6.92 Å². The molecule has 1 N–H and O–H groups in total. The molecule has 2 rings (SSSR count). The van der Waals surface area contributed by atoms with E-state index in [-0.39, 0.29) is 24.5 Å². The molecule has 28 heavy (non-hydrogen) atoms. The van der Waals surface area contributed by atoms with E-state index in [1.54, 1.807) is 30.3 Å². The highest BCUT2D eigenvalue weighted by Gasteiger charge is 2.31. The molecule has 0 aliphatic carbocycles. The number of amides is 1. The smallest absolute Gasteiger partial charge is 0.416 e. The molecule has 8 heteroatoms. The number of anilines is 1. The molecule has 0 unspecified atom stereocenters. The molecule has 0 spiro atoms. The van der Waals surface area contributed by atoms with Gasteiger partial charge in [-0.1, -0.05) is 37.3 Å². The molecule has 0 aromatic heterocycles. The molecule has 0 bridgehead atoms. The summed E-state index contributed by atoms with van der Waals surface area (Å²) < 4.78 is 49.0. The molecule has 0 atom stereocenters. The molecular formula is C20H20F3NO4. The van der Waals surface area contributed by atoms with Gasteiger partial charge in [0.15, 0.2) is 6.61 Å². The van der Waals surface area contributed by atoms with Crippen molar-refractivity contribution in [3.05, 3.63) is 59.7 Å². The Morgan fingerprint density at radius 3 is 2.43 bits per heavy atom. The number of hydrogen-bond acceptors (Lipinski definition) is 4. The molecule has 5 nitrogen and oxygen atoms in total. The lowest BCUT2D eigenvalue weighted by Gasteiger charge is -2.15. The number of benzene rings is 2. The first-order valence-electron chi connectivity index (χ1n) is 8.63. The van der Waals surface area contributed by atoms with Gasteiger partial charge in [0.2, 0.25) is 0 Å². The Kier molecular flexibility index (Phi) is 7.43. The first-order chi connectivity index (χ1) is 13.3. The number of halogens is 3. The lowest BCUT2D eigenvalue weighted by atomic mass is 10.1. The standard InChI is InChI=1S/C20H20F3NO4/c1-2-10-27-17-9-8-15(20(21,22)23)12-16(17)24-18(25)13-28-19(26)11-14-6-4-3-5-7-14/h3-9,12H,2,10-11,13H2,1H3,(H,24,25). The molecule has 0 saturated heterocycles. The number of alkyl halides is 3. The van der Waals surface area contributed by atoms with Crippen LogP contribution in [0.15, 0.2) is 48.5 Å². The minimum atomic E-state index is -4.56. The summed E-state index contributed by atoms with van der Waals surface area (Å²) in [5, 5.41) is 2.31. The average Bonchev–Trinajstić information content (AvgIpc) is 2.65. The van der Waals surface area contributed by atoms with Gasteiger partial charge >= 0.3 is 12.1 Å². The topological polar surface area (TPSA) is 64.6 Å². The molecule has 2 aromatic carbocycles. The highest BCUT2D eigenvalue weighted by Crippen LogP contribution is 2.35. The highest BCUT2D eigenvalue weighted by molar-refractivity contribution is 5.94. The van der Waals surface area contributed by atoms with E-state index in [1.165, 1.54) is 0 Å². The summed E-state index contributed by atoms with van der Waals surface area (Å²) in [4.78, 5) is 23.8. The minimum absolute atomic E-state index is 0.0114. The quantitative estimate of drug-likeness (QED) is 0.680. The fraction of sp³-hybridized carbons (Fsp3) is 0.300. The van der Waals surface area contributed by atoms with Gasteiger partial charge in [-0.05, 0) is 30.2 Å². The largest absolute Gasteiger partial charge is 0.491 e. The number of esters is 1. The van der Waals surface area contributed by atoms with Gasteiger partial charge in [-0.3, -0.25) is 9.59 Å². The molecule has 0 aliphatic rings. The van der Waals surface area contributed by atoms with Gasteiger partial charge in [0.1, 0.15) is 5.75 Å². The molecule has 0 saturated carbocycles. The fourth-order valence-corrected chi connectivity index (χ4v) is 2.29. The van der Waals surface area contributed by atoms with Crippen LogP contribution in [0.3, 0.4) is 0 Å². The zero-order valence-electron chi connectivity index (χ0n) is 15.2. The van der Waals surface area contributed by atoms with Crippen molar-refractivity contribution in [3.63, 3.8) is 0 Å². The first kappa shape index (κ1) is 21.3. The summed E-state index contributed by atoms with van der Waals surface area (Å²) in [5.41, 5.74) is -0.332. The van der Waals surface area contributed by atoms with Gasteiger partial charge in [0.25, 0.3) is 5.91 Å². The van der Waals surface area contributed by atoms with Crippen LogP contribution in [0.4, 0.5) is 18.9 Å². The van der Waals surface area contributed by atoms with Crippen molar-refractivity contribution in [2.45, 2.75) is 25.9 Å². The van der Waals surface area contributed by atoms with Gasteiger partial charge in [-0.2, -0.15) is 13.2 Å². The third kappa shape index (κ3) is 6.61. The molecule has 150 valence electrons. The van der Waals surface area contributed by atoms with Crippen LogP contribution in [-0.4, -0.2) is 25.1 Å². The number of ether oxygens (including phenoxy) is 2. The van der Waals surface area contributed by atoms with Gasteiger partial charge in [-0.25, -0.2) is 0 Å². The maximum absolute atomic E-state index is 12.9. The number of rotatable bonds is 8. The maximum atomic E-state index is 12.9. The van der Waals surface area contributed by atoms with Crippen molar-refractivity contribution in [2.24, 2.45) is 0 Å². The second-order valence-electron chi connectivity index (χ2n) is 5.93. The van der Waals surface area contributed by atoms with E-state index in [0.717, 1.165) is 23.8 Å². The maximum Gasteiger partial charge on any atom is 0.416 e. The van der Waals surface area contributed by atoms with Crippen molar-refractivity contribution in [1.29, 1.82) is 0 Å². The number of hydrogen-bond donors (Lipinski definition) is 1. The SMILES string of the molecule is CCCOc1ccc(C(F)(F)F)cc1NC(=O)COC(=O)Cc1ccccc1. The lowest BCUT2D eigenvalue weighted by Crippen LogP contribution is -2.22. The second kappa shape index (κ2) is 9.77. The summed E-state index contributed by atoms with van der Waals surface area (Å²) in [7, 11) is 0.